The molecule has 1 heterocycles. The number of rotatable bonds is 5. The largest absolute Gasteiger partial charge is 0.383 e. The molecule has 15 heavy (non-hydrogen) atoms. The molecular formula is C8H14FN5O. The number of ether oxygens (including phenoxy) is 1. The van der Waals surface area contributed by atoms with Gasteiger partial charge in [0.2, 0.25) is 5.95 Å². The molecule has 0 saturated carbocycles. The third-order valence-corrected chi connectivity index (χ3v) is 1.85. The Labute approximate surface area is 87.2 Å². The van der Waals surface area contributed by atoms with Crippen LogP contribution in [0.2, 0.25) is 0 Å². The Balaban J connectivity index is 2.81. The average Bonchev–Trinajstić information content (AvgIpc) is 2.26. The number of nitrogens with one attached hydrogen (secondary N) is 1. The van der Waals surface area contributed by atoms with E-state index in [0.717, 1.165) is 6.20 Å². The van der Waals surface area contributed by atoms with Crippen molar-refractivity contribution >= 4 is 11.8 Å². The molecule has 3 N–H and O–H groups in total. The number of nitrogen functional groups attached to an aromatic ring is 1. The van der Waals surface area contributed by atoms with Crippen LogP contribution in [-0.4, -0.2) is 37.3 Å². The van der Waals surface area contributed by atoms with Crippen molar-refractivity contribution in [2.45, 2.75) is 0 Å². The second-order valence-electron chi connectivity index (χ2n) is 2.92. The predicted octanol–water partition coefficient (Wildman–Crippen LogP) is -0.0161. The standard InChI is InChI=1S/C8H14FN5O/c1-14(3-4-15-2)7-6(9)5-11-8(12-7)13-10/h5H,3-4,10H2,1-2H3,(H,11,12,13). The minimum Gasteiger partial charge on any atom is -0.383 e. The SMILES string of the molecule is COCCN(C)c1nc(NN)ncc1F. The van der Waals surface area contributed by atoms with Gasteiger partial charge >= 0.3 is 0 Å². The number of nitrogens with zero attached hydrogens (tertiary/aromatic N) is 3. The van der Waals surface area contributed by atoms with E-state index in [1.807, 2.05) is 0 Å². The summed E-state index contributed by atoms with van der Waals surface area (Å²) >= 11 is 0. The molecular weight excluding hydrogens is 201 g/mol. The first-order valence-corrected chi connectivity index (χ1v) is 4.38. The number of likely N-dealkylation sites (N-methyl/N-ethyl adjacent to an activating group) is 1. The normalized spacial score (nSPS) is 10.1. The number of methoxy groups -OCH3 is 1. The Kier molecular flexibility index (Phi) is 4.19. The van der Waals surface area contributed by atoms with E-state index >= 15 is 0 Å². The topological polar surface area (TPSA) is 76.3 Å². The van der Waals surface area contributed by atoms with Crippen LogP contribution in [0.25, 0.3) is 0 Å². The van der Waals surface area contributed by atoms with Gasteiger partial charge in [-0.3, -0.25) is 5.43 Å². The number of halogens is 1. The number of nitrogens with two attached hydrogens (primary N) is 1. The van der Waals surface area contributed by atoms with E-state index in [0.29, 0.717) is 13.2 Å². The molecule has 0 aliphatic rings. The van der Waals surface area contributed by atoms with Gasteiger partial charge in [0.1, 0.15) is 0 Å². The zero-order chi connectivity index (χ0) is 11.3. The monoisotopic (exact) mass is 215 g/mol. The molecule has 0 bridgehead atoms. The van der Waals surface area contributed by atoms with Gasteiger partial charge in [0.25, 0.3) is 0 Å². The van der Waals surface area contributed by atoms with Gasteiger partial charge in [-0.15, -0.1) is 0 Å². The molecule has 7 heteroatoms. The van der Waals surface area contributed by atoms with Crippen molar-refractivity contribution in [1.82, 2.24) is 9.97 Å². The molecule has 0 saturated heterocycles. The molecule has 0 atom stereocenters. The fraction of sp³-hybridized carbons (Fsp3) is 0.500. The highest BCUT2D eigenvalue weighted by Crippen LogP contribution is 2.14. The lowest BCUT2D eigenvalue weighted by molar-refractivity contribution is 0.206. The van der Waals surface area contributed by atoms with Crippen LogP contribution in [0.15, 0.2) is 6.20 Å². The molecule has 6 nitrogen and oxygen atoms in total. The van der Waals surface area contributed by atoms with Crippen LogP contribution in [0.1, 0.15) is 0 Å². The van der Waals surface area contributed by atoms with Crippen molar-refractivity contribution in [3.63, 3.8) is 0 Å². The molecule has 0 radical (unpaired) electrons. The zero-order valence-electron chi connectivity index (χ0n) is 8.70. The van der Waals surface area contributed by atoms with Gasteiger partial charge in [0.15, 0.2) is 11.6 Å². The summed E-state index contributed by atoms with van der Waals surface area (Å²) in [6.07, 6.45) is 1.07. The first kappa shape index (κ1) is 11.6. The Morgan fingerprint density at radius 2 is 2.40 bits per heavy atom. The second-order valence-corrected chi connectivity index (χ2v) is 2.92. The molecule has 1 aromatic heterocycles. The second kappa shape index (κ2) is 5.42. The van der Waals surface area contributed by atoms with Crippen LogP contribution < -0.4 is 16.2 Å². The number of aromatic nitrogens is 2. The van der Waals surface area contributed by atoms with Crippen LogP contribution in [0.4, 0.5) is 16.2 Å². The van der Waals surface area contributed by atoms with Crippen LogP contribution in [-0.2, 0) is 4.74 Å². The molecule has 1 rings (SSSR count). The Hall–Kier alpha value is -1.47. The summed E-state index contributed by atoms with van der Waals surface area (Å²) in [5.41, 5.74) is 2.26. The number of hydrogen-bond donors (Lipinski definition) is 2. The first-order valence-electron chi connectivity index (χ1n) is 4.38. The molecule has 0 aliphatic carbocycles. The Morgan fingerprint density at radius 3 is 3.00 bits per heavy atom. The molecule has 0 spiro atoms. The summed E-state index contributed by atoms with van der Waals surface area (Å²) in [4.78, 5) is 9.16. The molecule has 84 valence electrons. The van der Waals surface area contributed by atoms with E-state index < -0.39 is 5.82 Å². The van der Waals surface area contributed by atoms with Crippen LogP contribution in [0.5, 0.6) is 0 Å². The summed E-state index contributed by atoms with van der Waals surface area (Å²) in [7, 11) is 3.29. The van der Waals surface area contributed by atoms with Gasteiger partial charge in [-0.25, -0.2) is 15.2 Å². The quantitative estimate of drug-likeness (QED) is 0.531. The van der Waals surface area contributed by atoms with Crippen LogP contribution >= 0.6 is 0 Å². The van der Waals surface area contributed by atoms with E-state index in [1.54, 1.807) is 19.1 Å². The highest BCUT2D eigenvalue weighted by Gasteiger charge is 2.10. The predicted molar refractivity (Wildman–Crippen MR) is 54.9 cm³/mol. The fourth-order valence-electron chi connectivity index (χ4n) is 1.03. The van der Waals surface area contributed by atoms with E-state index in [-0.39, 0.29) is 11.8 Å². The van der Waals surface area contributed by atoms with Gasteiger partial charge in [0, 0.05) is 20.7 Å². The minimum absolute atomic E-state index is 0.177. The first-order chi connectivity index (χ1) is 7.19. The molecule has 0 aromatic carbocycles. The van der Waals surface area contributed by atoms with Crippen molar-refractivity contribution in [2.75, 3.05) is 37.6 Å². The summed E-state index contributed by atoms with van der Waals surface area (Å²) in [5, 5.41) is 0. The summed E-state index contributed by atoms with van der Waals surface area (Å²) < 4.78 is 18.2. The van der Waals surface area contributed by atoms with E-state index in [2.05, 4.69) is 15.4 Å². The maximum atomic E-state index is 13.3. The van der Waals surface area contributed by atoms with Crippen molar-refractivity contribution in [3.05, 3.63) is 12.0 Å². The van der Waals surface area contributed by atoms with Gasteiger partial charge < -0.3 is 9.64 Å². The lowest BCUT2D eigenvalue weighted by atomic mass is 10.5. The highest BCUT2D eigenvalue weighted by atomic mass is 19.1. The summed E-state index contributed by atoms with van der Waals surface area (Å²) in [6.45, 7) is 1.03. The molecule has 0 fully saturated rings. The fourth-order valence-corrected chi connectivity index (χ4v) is 1.03. The highest BCUT2D eigenvalue weighted by molar-refractivity contribution is 5.42. The van der Waals surface area contributed by atoms with Gasteiger partial charge in [-0.2, -0.15) is 4.98 Å². The molecule has 1 aromatic rings. The van der Waals surface area contributed by atoms with Crippen molar-refractivity contribution < 1.29 is 9.13 Å². The number of hydrogen-bond acceptors (Lipinski definition) is 6. The van der Waals surface area contributed by atoms with E-state index in [1.165, 1.54) is 0 Å². The van der Waals surface area contributed by atoms with Crippen molar-refractivity contribution in [3.8, 4) is 0 Å². The molecule has 0 aliphatic heterocycles. The third-order valence-electron chi connectivity index (χ3n) is 1.85. The summed E-state index contributed by atoms with van der Waals surface area (Å²) in [5.74, 6) is 5.00. The van der Waals surface area contributed by atoms with Crippen molar-refractivity contribution in [1.29, 1.82) is 0 Å². The third kappa shape index (κ3) is 3.00. The maximum Gasteiger partial charge on any atom is 0.239 e. The smallest absolute Gasteiger partial charge is 0.239 e. The lowest BCUT2D eigenvalue weighted by Crippen LogP contribution is -2.25. The maximum absolute atomic E-state index is 13.3. The van der Waals surface area contributed by atoms with Gasteiger partial charge in [0.05, 0.1) is 12.8 Å². The zero-order valence-corrected chi connectivity index (χ0v) is 8.70. The molecule has 0 amide bonds. The number of anilines is 2. The van der Waals surface area contributed by atoms with Crippen LogP contribution in [0.3, 0.4) is 0 Å². The molecule has 0 unspecified atom stereocenters. The van der Waals surface area contributed by atoms with E-state index in [9.17, 15) is 4.39 Å². The summed E-state index contributed by atoms with van der Waals surface area (Å²) in [6, 6.07) is 0. The van der Waals surface area contributed by atoms with E-state index in [4.69, 9.17) is 10.6 Å². The van der Waals surface area contributed by atoms with Gasteiger partial charge in [-0.05, 0) is 0 Å². The van der Waals surface area contributed by atoms with Crippen molar-refractivity contribution in [2.24, 2.45) is 5.84 Å². The van der Waals surface area contributed by atoms with Crippen LogP contribution in [0, 0.1) is 5.82 Å². The Bertz CT molecular complexity index is 322. The Morgan fingerprint density at radius 1 is 1.67 bits per heavy atom. The lowest BCUT2D eigenvalue weighted by Gasteiger charge is -2.18. The average molecular weight is 215 g/mol. The number of hydrazine groups is 1. The minimum atomic E-state index is -0.493. The van der Waals surface area contributed by atoms with Gasteiger partial charge in [-0.1, -0.05) is 0 Å².